The molecule has 0 aliphatic rings. The fourth-order valence-corrected chi connectivity index (χ4v) is 2.82. The molecule has 2 aromatic rings. The number of hydrogen-bond acceptors (Lipinski definition) is 3. The van der Waals surface area contributed by atoms with Crippen molar-refractivity contribution in [2.45, 2.75) is 6.42 Å². The third kappa shape index (κ3) is 1.86. The molecule has 0 unspecified atom stereocenters. The highest BCUT2D eigenvalue weighted by Crippen LogP contribution is 2.21. The van der Waals surface area contributed by atoms with Crippen molar-refractivity contribution >= 4 is 28.6 Å². The molecule has 0 spiro atoms. The largest absolute Gasteiger partial charge is 0.478 e. The third-order valence-electron chi connectivity index (χ3n) is 1.92. The van der Waals surface area contributed by atoms with Gasteiger partial charge in [-0.3, -0.25) is 0 Å². The Morgan fingerprint density at radius 2 is 2.21 bits per heavy atom. The predicted octanol–water partition coefficient (Wildman–Crippen LogP) is 3.10. The molecule has 72 valence electrons. The van der Waals surface area contributed by atoms with Crippen LogP contribution in [0.15, 0.2) is 28.3 Å². The molecule has 4 heteroatoms. The zero-order valence-electron chi connectivity index (χ0n) is 7.27. The monoisotopic (exact) mass is 224 g/mol. The van der Waals surface area contributed by atoms with Crippen LogP contribution in [0.1, 0.15) is 20.8 Å². The van der Waals surface area contributed by atoms with E-state index in [1.165, 1.54) is 16.9 Å². The number of carboxylic acids is 1. The molecule has 0 aliphatic carbocycles. The van der Waals surface area contributed by atoms with Crippen molar-refractivity contribution in [3.63, 3.8) is 0 Å². The van der Waals surface area contributed by atoms with Crippen LogP contribution in [-0.4, -0.2) is 11.1 Å². The van der Waals surface area contributed by atoms with E-state index >= 15 is 0 Å². The molecule has 0 saturated carbocycles. The number of hydrogen-bond donors (Lipinski definition) is 1. The van der Waals surface area contributed by atoms with Gasteiger partial charge in [0.05, 0.1) is 5.56 Å². The maximum atomic E-state index is 10.8. The third-order valence-corrected chi connectivity index (χ3v) is 3.57. The highest BCUT2D eigenvalue weighted by atomic mass is 32.1. The summed E-state index contributed by atoms with van der Waals surface area (Å²) < 4.78 is 0. The minimum Gasteiger partial charge on any atom is -0.478 e. The summed E-state index contributed by atoms with van der Waals surface area (Å²) in [6.07, 6.45) is 0.725. The Hall–Kier alpha value is -1.13. The van der Waals surface area contributed by atoms with Crippen LogP contribution in [0.25, 0.3) is 0 Å². The molecule has 0 saturated heterocycles. The maximum absolute atomic E-state index is 10.8. The van der Waals surface area contributed by atoms with E-state index < -0.39 is 5.97 Å². The van der Waals surface area contributed by atoms with Crippen molar-refractivity contribution in [2.24, 2.45) is 0 Å². The molecule has 2 rings (SSSR count). The van der Waals surface area contributed by atoms with E-state index in [0.29, 0.717) is 5.56 Å². The van der Waals surface area contributed by atoms with E-state index in [9.17, 15) is 4.79 Å². The van der Waals surface area contributed by atoms with Crippen LogP contribution < -0.4 is 0 Å². The van der Waals surface area contributed by atoms with Gasteiger partial charge < -0.3 is 5.11 Å². The van der Waals surface area contributed by atoms with Gasteiger partial charge in [-0.2, -0.15) is 11.3 Å². The van der Waals surface area contributed by atoms with Crippen molar-refractivity contribution in [1.29, 1.82) is 0 Å². The molecule has 0 aliphatic heterocycles. The van der Waals surface area contributed by atoms with Gasteiger partial charge in [0.25, 0.3) is 0 Å². The minimum atomic E-state index is -0.837. The number of thiophene rings is 2. The first-order chi connectivity index (χ1) is 6.77. The van der Waals surface area contributed by atoms with Gasteiger partial charge in [0, 0.05) is 11.3 Å². The summed E-state index contributed by atoms with van der Waals surface area (Å²) >= 11 is 3.13. The number of aromatic carboxylic acids is 1. The average Bonchev–Trinajstić information content (AvgIpc) is 2.75. The predicted molar refractivity (Wildman–Crippen MR) is 58.4 cm³/mol. The molecular weight excluding hydrogens is 216 g/mol. The van der Waals surface area contributed by atoms with Gasteiger partial charge in [-0.05, 0) is 33.8 Å². The summed E-state index contributed by atoms with van der Waals surface area (Å²) in [4.78, 5) is 11.7. The first kappa shape index (κ1) is 9.43. The van der Waals surface area contributed by atoms with Crippen LogP contribution in [0.5, 0.6) is 0 Å². The summed E-state index contributed by atoms with van der Waals surface area (Å²) in [7, 11) is 0. The van der Waals surface area contributed by atoms with E-state index in [0.717, 1.165) is 11.3 Å². The second-order valence-electron chi connectivity index (χ2n) is 2.87. The van der Waals surface area contributed by atoms with Crippen molar-refractivity contribution in [3.05, 3.63) is 44.3 Å². The van der Waals surface area contributed by atoms with Crippen molar-refractivity contribution in [3.8, 4) is 0 Å². The summed E-state index contributed by atoms with van der Waals surface area (Å²) in [6, 6.07) is 3.69. The molecule has 0 bridgehead atoms. The molecule has 2 heterocycles. The Kier molecular flexibility index (Phi) is 2.65. The summed E-state index contributed by atoms with van der Waals surface area (Å²) in [5.41, 5.74) is 1.61. The lowest BCUT2D eigenvalue weighted by molar-refractivity contribution is 0.0696. The Morgan fingerprint density at radius 1 is 1.36 bits per heavy atom. The highest BCUT2D eigenvalue weighted by molar-refractivity contribution is 7.10. The lowest BCUT2D eigenvalue weighted by atomic mass is 10.1. The van der Waals surface area contributed by atoms with E-state index in [-0.39, 0.29) is 0 Å². The van der Waals surface area contributed by atoms with Crippen LogP contribution in [0.2, 0.25) is 0 Å². The van der Waals surface area contributed by atoms with Gasteiger partial charge in [-0.25, -0.2) is 4.79 Å². The van der Waals surface area contributed by atoms with Crippen LogP contribution in [0, 0.1) is 0 Å². The highest BCUT2D eigenvalue weighted by Gasteiger charge is 2.11. The number of carbonyl (C=O) groups is 1. The Bertz CT molecular complexity index is 429. The van der Waals surface area contributed by atoms with Gasteiger partial charge in [0.1, 0.15) is 0 Å². The standard InChI is InChI=1S/C10H8O2S2/c11-10(12)8-2-4-14-9(8)5-7-1-3-13-6-7/h1-4,6H,5H2,(H,11,12). The molecule has 1 N–H and O–H groups in total. The molecule has 14 heavy (non-hydrogen) atoms. The van der Waals surface area contributed by atoms with Gasteiger partial charge in [0.2, 0.25) is 0 Å². The Labute approximate surface area is 89.5 Å². The van der Waals surface area contributed by atoms with E-state index in [1.807, 2.05) is 22.2 Å². The Balaban J connectivity index is 2.25. The zero-order valence-corrected chi connectivity index (χ0v) is 8.90. The fourth-order valence-electron chi connectivity index (χ4n) is 1.25. The van der Waals surface area contributed by atoms with Crippen LogP contribution >= 0.6 is 22.7 Å². The average molecular weight is 224 g/mol. The van der Waals surface area contributed by atoms with E-state index in [2.05, 4.69) is 0 Å². The van der Waals surface area contributed by atoms with Gasteiger partial charge >= 0.3 is 5.97 Å². The maximum Gasteiger partial charge on any atom is 0.336 e. The molecule has 0 amide bonds. The lowest BCUT2D eigenvalue weighted by Gasteiger charge is -1.96. The zero-order chi connectivity index (χ0) is 9.97. The van der Waals surface area contributed by atoms with Crippen molar-refractivity contribution in [1.82, 2.24) is 0 Å². The molecule has 0 fully saturated rings. The number of rotatable bonds is 3. The van der Waals surface area contributed by atoms with E-state index in [1.54, 1.807) is 17.4 Å². The van der Waals surface area contributed by atoms with Gasteiger partial charge in [-0.1, -0.05) is 0 Å². The minimum absolute atomic E-state index is 0.432. The van der Waals surface area contributed by atoms with Gasteiger partial charge in [0.15, 0.2) is 0 Å². The second-order valence-corrected chi connectivity index (χ2v) is 4.65. The smallest absolute Gasteiger partial charge is 0.336 e. The van der Waals surface area contributed by atoms with Gasteiger partial charge in [-0.15, -0.1) is 11.3 Å². The summed E-state index contributed by atoms with van der Waals surface area (Å²) in [6.45, 7) is 0. The first-order valence-corrected chi connectivity index (χ1v) is 5.90. The van der Waals surface area contributed by atoms with Crippen LogP contribution in [0.4, 0.5) is 0 Å². The molecule has 0 atom stereocenters. The summed E-state index contributed by atoms with van der Waals surface area (Å²) in [5, 5.41) is 14.8. The fraction of sp³-hybridized carbons (Fsp3) is 0.100. The molecular formula is C10H8O2S2. The molecule has 0 radical (unpaired) electrons. The topological polar surface area (TPSA) is 37.3 Å². The molecule has 0 aromatic carbocycles. The SMILES string of the molecule is O=C(O)c1ccsc1Cc1ccsc1. The summed E-state index contributed by atoms with van der Waals surface area (Å²) in [5.74, 6) is -0.837. The number of carboxylic acid groups (broad SMARTS) is 1. The quantitative estimate of drug-likeness (QED) is 0.869. The molecule has 2 nitrogen and oxygen atoms in total. The van der Waals surface area contributed by atoms with Crippen LogP contribution in [-0.2, 0) is 6.42 Å². The van der Waals surface area contributed by atoms with Crippen molar-refractivity contribution in [2.75, 3.05) is 0 Å². The van der Waals surface area contributed by atoms with E-state index in [4.69, 9.17) is 5.11 Å². The van der Waals surface area contributed by atoms with Crippen LogP contribution in [0.3, 0.4) is 0 Å². The second kappa shape index (κ2) is 3.94. The molecule has 2 aromatic heterocycles. The lowest BCUT2D eigenvalue weighted by Crippen LogP contribution is -1.98. The Morgan fingerprint density at radius 3 is 2.86 bits per heavy atom. The first-order valence-electron chi connectivity index (χ1n) is 4.08. The normalized spacial score (nSPS) is 10.3. The van der Waals surface area contributed by atoms with Crippen molar-refractivity contribution < 1.29 is 9.90 Å².